The van der Waals surface area contributed by atoms with E-state index < -0.39 is 0 Å². The van der Waals surface area contributed by atoms with Gasteiger partial charge in [-0.3, -0.25) is 9.69 Å². The Kier molecular flexibility index (Phi) is 5.30. The van der Waals surface area contributed by atoms with Crippen LogP contribution in [0.3, 0.4) is 0 Å². The number of carbonyl (C=O) groups excluding carboxylic acids is 1. The number of hydrogen-bond acceptors (Lipinski definition) is 6. The molecule has 2 rings (SSSR count). The molecule has 1 fully saturated rings. The predicted molar refractivity (Wildman–Crippen MR) is 69.1 cm³/mol. The van der Waals surface area contributed by atoms with E-state index in [1.54, 1.807) is 0 Å². The molecular weight excluding hydrogens is 276 g/mol. The maximum atomic E-state index is 11.6. The first kappa shape index (κ1) is 13.7. The molecule has 1 N–H and O–H groups in total. The van der Waals surface area contributed by atoms with Crippen molar-refractivity contribution in [3.05, 3.63) is 9.47 Å². The van der Waals surface area contributed by atoms with Crippen LogP contribution in [0.2, 0.25) is 4.47 Å². The standard InChI is InChI=1S/C10H15ClN4O2S/c11-10-14-13-9(18-10)8(16)12-2-1-3-15-4-6-17-7-5-15/h1-7H2,(H,12,16). The Morgan fingerprint density at radius 1 is 1.44 bits per heavy atom. The lowest BCUT2D eigenvalue weighted by Crippen LogP contribution is -2.38. The minimum absolute atomic E-state index is 0.207. The van der Waals surface area contributed by atoms with Crippen LogP contribution >= 0.6 is 22.9 Å². The summed E-state index contributed by atoms with van der Waals surface area (Å²) in [5, 5.41) is 10.4. The monoisotopic (exact) mass is 290 g/mol. The Hall–Kier alpha value is -0.760. The molecule has 0 saturated carbocycles. The fourth-order valence-electron chi connectivity index (χ4n) is 1.70. The molecule has 0 atom stereocenters. The molecule has 1 aliphatic heterocycles. The summed E-state index contributed by atoms with van der Waals surface area (Å²) >= 11 is 6.70. The van der Waals surface area contributed by atoms with Crippen molar-refractivity contribution in [2.45, 2.75) is 6.42 Å². The van der Waals surface area contributed by atoms with E-state index in [1.165, 1.54) is 0 Å². The first-order chi connectivity index (χ1) is 8.75. The molecule has 1 aromatic heterocycles. The van der Waals surface area contributed by atoms with Gasteiger partial charge >= 0.3 is 0 Å². The Morgan fingerprint density at radius 2 is 2.22 bits per heavy atom. The molecule has 1 amide bonds. The highest BCUT2D eigenvalue weighted by Gasteiger charge is 2.12. The van der Waals surface area contributed by atoms with Crippen molar-refractivity contribution in [2.75, 3.05) is 39.4 Å². The number of aromatic nitrogens is 2. The van der Waals surface area contributed by atoms with Crippen molar-refractivity contribution >= 4 is 28.8 Å². The summed E-state index contributed by atoms with van der Waals surface area (Å²) in [6.07, 6.45) is 0.915. The van der Waals surface area contributed by atoms with Crippen LogP contribution in [0.25, 0.3) is 0 Å². The van der Waals surface area contributed by atoms with Crippen LogP contribution in [0.15, 0.2) is 0 Å². The number of morpholine rings is 1. The van der Waals surface area contributed by atoms with Crippen molar-refractivity contribution in [1.29, 1.82) is 0 Å². The normalized spacial score (nSPS) is 16.7. The molecule has 2 heterocycles. The fraction of sp³-hybridized carbons (Fsp3) is 0.700. The van der Waals surface area contributed by atoms with Gasteiger partial charge in [0.15, 0.2) is 0 Å². The average Bonchev–Trinajstić information content (AvgIpc) is 2.82. The minimum Gasteiger partial charge on any atom is -0.379 e. The summed E-state index contributed by atoms with van der Waals surface area (Å²) in [6.45, 7) is 5.15. The molecule has 0 aliphatic carbocycles. The van der Waals surface area contributed by atoms with E-state index >= 15 is 0 Å². The zero-order valence-corrected chi connectivity index (χ0v) is 11.5. The van der Waals surface area contributed by atoms with E-state index in [2.05, 4.69) is 20.4 Å². The third-order valence-electron chi connectivity index (χ3n) is 2.63. The van der Waals surface area contributed by atoms with Crippen LogP contribution in [-0.2, 0) is 4.74 Å². The molecule has 6 nitrogen and oxygen atoms in total. The van der Waals surface area contributed by atoms with Crippen molar-refractivity contribution < 1.29 is 9.53 Å². The van der Waals surface area contributed by atoms with Gasteiger partial charge in [-0.2, -0.15) is 0 Å². The number of carbonyl (C=O) groups is 1. The second-order valence-electron chi connectivity index (χ2n) is 3.92. The number of nitrogens with one attached hydrogen (secondary N) is 1. The Balaban J connectivity index is 1.61. The summed E-state index contributed by atoms with van der Waals surface area (Å²) in [4.78, 5) is 13.9. The molecule has 100 valence electrons. The van der Waals surface area contributed by atoms with Gasteiger partial charge in [0.05, 0.1) is 13.2 Å². The fourth-order valence-corrected chi connectivity index (χ4v) is 2.45. The Morgan fingerprint density at radius 3 is 2.89 bits per heavy atom. The number of hydrogen-bond donors (Lipinski definition) is 1. The third kappa shape index (κ3) is 4.16. The van der Waals surface area contributed by atoms with Gasteiger partial charge < -0.3 is 10.1 Å². The first-order valence-corrected chi connectivity index (χ1v) is 7.02. The number of amides is 1. The van der Waals surface area contributed by atoms with E-state index in [9.17, 15) is 4.79 Å². The van der Waals surface area contributed by atoms with Gasteiger partial charge in [-0.15, -0.1) is 10.2 Å². The molecule has 0 bridgehead atoms. The van der Waals surface area contributed by atoms with Crippen molar-refractivity contribution in [3.63, 3.8) is 0 Å². The maximum Gasteiger partial charge on any atom is 0.282 e. The molecular formula is C10H15ClN4O2S. The number of halogens is 1. The number of rotatable bonds is 5. The van der Waals surface area contributed by atoms with Gasteiger partial charge in [0, 0.05) is 19.6 Å². The highest BCUT2D eigenvalue weighted by molar-refractivity contribution is 7.17. The van der Waals surface area contributed by atoms with Crippen LogP contribution < -0.4 is 5.32 Å². The lowest BCUT2D eigenvalue weighted by Gasteiger charge is -2.26. The van der Waals surface area contributed by atoms with Gasteiger partial charge in [-0.25, -0.2) is 0 Å². The van der Waals surface area contributed by atoms with Gasteiger partial charge in [0.25, 0.3) is 5.91 Å². The van der Waals surface area contributed by atoms with E-state index in [0.29, 0.717) is 11.6 Å². The molecule has 0 spiro atoms. The lowest BCUT2D eigenvalue weighted by molar-refractivity contribution is 0.0374. The summed E-state index contributed by atoms with van der Waals surface area (Å²) in [6, 6.07) is 0. The molecule has 0 unspecified atom stereocenters. The number of ether oxygens (including phenoxy) is 1. The topological polar surface area (TPSA) is 67.4 Å². The van der Waals surface area contributed by atoms with Crippen molar-refractivity contribution in [3.8, 4) is 0 Å². The average molecular weight is 291 g/mol. The summed E-state index contributed by atoms with van der Waals surface area (Å²) < 4.78 is 5.55. The predicted octanol–water partition coefficient (Wildman–Crippen LogP) is 0.644. The van der Waals surface area contributed by atoms with E-state index in [4.69, 9.17) is 16.3 Å². The molecule has 1 aromatic rings. The van der Waals surface area contributed by atoms with Crippen molar-refractivity contribution in [1.82, 2.24) is 20.4 Å². The van der Waals surface area contributed by atoms with E-state index in [-0.39, 0.29) is 10.4 Å². The zero-order valence-electron chi connectivity index (χ0n) is 9.89. The first-order valence-electron chi connectivity index (χ1n) is 5.83. The smallest absolute Gasteiger partial charge is 0.282 e. The molecule has 0 radical (unpaired) electrons. The second-order valence-corrected chi connectivity index (χ2v) is 5.48. The van der Waals surface area contributed by atoms with Gasteiger partial charge in [-0.1, -0.05) is 11.3 Å². The Bertz CT molecular complexity index is 395. The molecule has 18 heavy (non-hydrogen) atoms. The van der Waals surface area contributed by atoms with Crippen LogP contribution in [-0.4, -0.2) is 60.4 Å². The second kappa shape index (κ2) is 6.98. The third-order valence-corrected chi connectivity index (χ3v) is 3.65. The highest BCUT2D eigenvalue weighted by Crippen LogP contribution is 2.14. The quantitative estimate of drug-likeness (QED) is 0.806. The summed E-state index contributed by atoms with van der Waals surface area (Å²) in [5.41, 5.74) is 0. The highest BCUT2D eigenvalue weighted by atomic mass is 35.5. The van der Waals surface area contributed by atoms with Gasteiger partial charge in [0.1, 0.15) is 0 Å². The van der Waals surface area contributed by atoms with Crippen LogP contribution in [0.4, 0.5) is 0 Å². The van der Waals surface area contributed by atoms with Crippen LogP contribution in [0.1, 0.15) is 16.2 Å². The van der Waals surface area contributed by atoms with E-state index in [1.807, 2.05) is 0 Å². The SMILES string of the molecule is O=C(NCCCN1CCOCC1)c1nnc(Cl)s1. The van der Waals surface area contributed by atoms with Crippen LogP contribution in [0, 0.1) is 0 Å². The van der Waals surface area contributed by atoms with Crippen molar-refractivity contribution in [2.24, 2.45) is 0 Å². The molecule has 0 aromatic carbocycles. The molecule has 1 saturated heterocycles. The van der Waals surface area contributed by atoms with Crippen LogP contribution in [0.5, 0.6) is 0 Å². The Labute approximate surface area is 114 Å². The summed E-state index contributed by atoms with van der Waals surface area (Å²) in [5.74, 6) is -0.207. The minimum atomic E-state index is -0.207. The molecule has 1 aliphatic rings. The lowest BCUT2D eigenvalue weighted by atomic mass is 10.3. The maximum absolute atomic E-state index is 11.6. The van der Waals surface area contributed by atoms with E-state index in [0.717, 1.165) is 50.6 Å². The summed E-state index contributed by atoms with van der Waals surface area (Å²) in [7, 11) is 0. The molecule has 8 heteroatoms. The van der Waals surface area contributed by atoms with Gasteiger partial charge in [-0.05, 0) is 24.6 Å². The number of nitrogens with zero attached hydrogens (tertiary/aromatic N) is 3. The zero-order chi connectivity index (χ0) is 12.8. The van der Waals surface area contributed by atoms with Gasteiger partial charge in [0.2, 0.25) is 9.47 Å². The largest absolute Gasteiger partial charge is 0.379 e.